The first kappa shape index (κ1) is 19.6. The van der Waals surface area contributed by atoms with Gasteiger partial charge in [0.15, 0.2) is 11.0 Å². The van der Waals surface area contributed by atoms with Gasteiger partial charge < -0.3 is 9.88 Å². The van der Waals surface area contributed by atoms with E-state index in [-0.39, 0.29) is 23.9 Å². The smallest absolute Gasteiger partial charge is 0.274 e. The molecule has 0 aliphatic carbocycles. The minimum Gasteiger partial charge on any atom is -0.351 e. The highest BCUT2D eigenvalue weighted by atomic mass is 32.2. The van der Waals surface area contributed by atoms with Gasteiger partial charge in [0.1, 0.15) is 0 Å². The Bertz CT molecular complexity index is 1020. The van der Waals surface area contributed by atoms with Gasteiger partial charge in [-0.25, -0.2) is 0 Å². The third kappa shape index (κ3) is 4.55. The fourth-order valence-corrected chi connectivity index (χ4v) is 3.43. The summed E-state index contributed by atoms with van der Waals surface area (Å²) in [5.74, 6) is 0.634. The Hall–Kier alpha value is -3.20. The average molecular weight is 397 g/mol. The van der Waals surface area contributed by atoms with Gasteiger partial charge in [-0.15, -0.1) is 10.2 Å². The Balaban J connectivity index is 1.59. The molecule has 1 amide bonds. The van der Waals surface area contributed by atoms with Crippen LogP contribution < -0.4 is 5.32 Å². The molecule has 0 radical (unpaired) electrons. The number of carbonyl (C=O) groups excluding carboxylic acids is 1. The summed E-state index contributed by atoms with van der Waals surface area (Å²) in [6, 6.07) is 14.3. The summed E-state index contributed by atoms with van der Waals surface area (Å²) in [5, 5.41) is 22.7. The Morgan fingerprint density at radius 2 is 2.00 bits per heavy atom. The zero-order valence-corrected chi connectivity index (χ0v) is 16.3. The number of hydrogen-bond donors (Lipinski definition) is 1. The topological polar surface area (TPSA) is 103 Å². The van der Waals surface area contributed by atoms with E-state index in [0.29, 0.717) is 10.7 Å². The van der Waals surface area contributed by atoms with Gasteiger partial charge in [0.2, 0.25) is 5.91 Å². The molecule has 0 saturated carbocycles. The number of carbonyl (C=O) groups is 1. The molecular formula is C19H19N5O3S. The van der Waals surface area contributed by atoms with Crippen LogP contribution in [0.2, 0.25) is 0 Å². The van der Waals surface area contributed by atoms with Crippen molar-refractivity contribution in [3.63, 3.8) is 0 Å². The van der Waals surface area contributed by atoms with Crippen LogP contribution in [0.15, 0.2) is 53.7 Å². The lowest BCUT2D eigenvalue weighted by molar-refractivity contribution is -0.385. The molecule has 0 saturated heterocycles. The molecule has 1 aromatic heterocycles. The number of amides is 1. The number of aromatic nitrogens is 3. The second-order valence-corrected chi connectivity index (χ2v) is 7.13. The maximum atomic E-state index is 12.1. The Labute approximate surface area is 166 Å². The molecule has 3 rings (SSSR count). The molecule has 0 fully saturated rings. The lowest BCUT2D eigenvalue weighted by Gasteiger charge is -2.06. The number of rotatable bonds is 7. The number of nitrogens with zero attached hydrogens (tertiary/aromatic N) is 4. The molecule has 1 N–H and O–H groups in total. The summed E-state index contributed by atoms with van der Waals surface area (Å²) < 4.78 is 1.84. The third-order valence-electron chi connectivity index (χ3n) is 4.11. The highest BCUT2D eigenvalue weighted by Gasteiger charge is 2.15. The van der Waals surface area contributed by atoms with Crippen molar-refractivity contribution in [3.8, 4) is 11.4 Å². The number of thioether (sulfide) groups is 1. The first-order valence-electron chi connectivity index (χ1n) is 8.54. The number of nitrogens with one attached hydrogen (secondary N) is 1. The van der Waals surface area contributed by atoms with Gasteiger partial charge in [-0.1, -0.05) is 53.7 Å². The molecule has 1 heterocycles. The molecule has 28 heavy (non-hydrogen) atoms. The molecule has 9 heteroatoms. The van der Waals surface area contributed by atoms with E-state index in [1.165, 1.54) is 17.8 Å². The lowest BCUT2D eigenvalue weighted by Crippen LogP contribution is -2.25. The number of hydrogen-bond acceptors (Lipinski definition) is 6. The van der Waals surface area contributed by atoms with Gasteiger partial charge in [0.05, 0.1) is 10.7 Å². The van der Waals surface area contributed by atoms with Crippen molar-refractivity contribution in [2.45, 2.75) is 18.6 Å². The molecule has 0 aliphatic heterocycles. The normalized spacial score (nSPS) is 10.6. The van der Waals surface area contributed by atoms with Crippen LogP contribution in [0.5, 0.6) is 0 Å². The molecule has 0 spiro atoms. The monoisotopic (exact) mass is 397 g/mol. The van der Waals surface area contributed by atoms with E-state index in [4.69, 9.17) is 0 Å². The third-order valence-corrected chi connectivity index (χ3v) is 5.13. The maximum Gasteiger partial charge on any atom is 0.274 e. The van der Waals surface area contributed by atoms with Gasteiger partial charge in [0, 0.05) is 30.8 Å². The van der Waals surface area contributed by atoms with E-state index >= 15 is 0 Å². The van der Waals surface area contributed by atoms with E-state index in [1.54, 1.807) is 18.2 Å². The summed E-state index contributed by atoms with van der Waals surface area (Å²) in [6.07, 6.45) is 0. The van der Waals surface area contributed by atoms with Crippen molar-refractivity contribution in [2.24, 2.45) is 7.05 Å². The molecule has 2 aromatic carbocycles. The molecule has 144 valence electrons. The highest BCUT2D eigenvalue weighted by Crippen LogP contribution is 2.23. The molecule has 0 aliphatic rings. The van der Waals surface area contributed by atoms with Gasteiger partial charge >= 0.3 is 0 Å². The molecule has 0 unspecified atom stereocenters. The standard InChI is InChI=1S/C19H19N5O3S/c1-13-6-5-8-14(10-13)18-21-22-19(23(18)2)28-12-17(25)20-11-15-7-3-4-9-16(15)24(26)27/h3-10H,11-12H2,1-2H3,(H,20,25). The molecular weight excluding hydrogens is 378 g/mol. The second kappa shape index (κ2) is 8.66. The minimum atomic E-state index is -0.456. The van der Waals surface area contributed by atoms with Gasteiger partial charge in [-0.05, 0) is 13.0 Å². The summed E-state index contributed by atoms with van der Waals surface area (Å²) in [4.78, 5) is 22.7. The van der Waals surface area contributed by atoms with Crippen molar-refractivity contribution < 1.29 is 9.72 Å². The predicted octanol–water partition coefficient (Wildman–Crippen LogP) is 3.11. The molecule has 0 atom stereocenters. The van der Waals surface area contributed by atoms with Crippen LogP contribution in [0.25, 0.3) is 11.4 Å². The van der Waals surface area contributed by atoms with Crippen LogP contribution in [0.1, 0.15) is 11.1 Å². The Morgan fingerprint density at radius 1 is 1.21 bits per heavy atom. The largest absolute Gasteiger partial charge is 0.351 e. The van der Waals surface area contributed by atoms with Gasteiger partial charge in [-0.2, -0.15) is 0 Å². The first-order chi connectivity index (χ1) is 13.5. The van der Waals surface area contributed by atoms with E-state index in [2.05, 4.69) is 15.5 Å². The summed E-state index contributed by atoms with van der Waals surface area (Å²) in [7, 11) is 1.85. The molecule has 3 aromatic rings. The van der Waals surface area contributed by atoms with E-state index in [9.17, 15) is 14.9 Å². The fraction of sp³-hybridized carbons (Fsp3) is 0.211. The summed E-state index contributed by atoms with van der Waals surface area (Å²) in [5.41, 5.74) is 2.55. The predicted molar refractivity (Wildman–Crippen MR) is 107 cm³/mol. The SMILES string of the molecule is Cc1cccc(-c2nnc(SCC(=O)NCc3ccccc3[N+](=O)[O-])n2C)c1. The van der Waals surface area contributed by atoms with E-state index in [1.807, 2.05) is 42.8 Å². The number of nitro groups is 1. The van der Waals surface area contributed by atoms with E-state index in [0.717, 1.165) is 17.0 Å². The van der Waals surface area contributed by atoms with Gasteiger partial charge in [-0.3, -0.25) is 14.9 Å². The highest BCUT2D eigenvalue weighted by molar-refractivity contribution is 7.99. The maximum absolute atomic E-state index is 12.1. The van der Waals surface area contributed by atoms with Crippen molar-refractivity contribution in [3.05, 3.63) is 69.8 Å². The average Bonchev–Trinajstić information content (AvgIpc) is 3.05. The minimum absolute atomic E-state index is 0.00782. The Kier molecular flexibility index (Phi) is 6.05. The summed E-state index contributed by atoms with van der Waals surface area (Å²) >= 11 is 1.26. The molecule has 0 bridgehead atoms. The Morgan fingerprint density at radius 3 is 2.75 bits per heavy atom. The van der Waals surface area contributed by atoms with Gasteiger partial charge in [0.25, 0.3) is 5.69 Å². The first-order valence-corrected chi connectivity index (χ1v) is 9.52. The molecule has 8 nitrogen and oxygen atoms in total. The van der Waals surface area contributed by atoms with E-state index < -0.39 is 4.92 Å². The zero-order valence-electron chi connectivity index (χ0n) is 15.5. The van der Waals surface area contributed by atoms with Crippen molar-refractivity contribution in [1.82, 2.24) is 20.1 Å². The second-order valence-electron chi connectivity index (χ2n) is 6.19. The van der Waals surface area contributed by atoms with Crippen molar-refractivity contribution in [2.75, 3.05) is 5.75 Å². The fourth-order valence-electron chi connectivity index (χ4n) is 2.69. The summed E-state index contributed by atoms with van der Waals surface area (Å²) in [6.45, 7) is 2.11. The van der Waals surface area contributed by atoms with Crippen LogP contribution >= 0.6 is 11.8 Å². The van der Waals surface area contributed by atoms with Crippen molar-refractivity contribution in [1.29, 1.82) is 0 Å². The van der Waals surface area contributed by atoms with Crippen LogP contribution in [0.4, 0.5) is 5.69 Å². The van der Waals surface area contributed by atoms with Crippen LogP contribution in [0, 0.1) is 17.0 Å². The van der Waals surface area contributed by atoms with Crippen molar-refractivity contribution >= 4 is 23.4 Å². The number of nitro benzene ring substituents is 1. The lowest BCUT2D eigenvalue weighted by atomic mass is 10.1. The number of benzene rings is 2. The zero-order chi connectivity index (χ0) is 20.1. The quantitative estimate of drug-likeness (QED) is 0.373. The number of para-hydroxylation sites is 1. The van der Waals surface area contributed by atoms with Crippen LogP contribution in [-0.2, 0) is 18.4 Å². The van der Waals surface area contributed by atoms with Crippen LogP contribution in [-0.4, -0.2) is 31.3 Å². The number of aryl methyl sites for hydroxylation is 1. The van der Waals surface area contributed by atoms with Crippen LogP contribution in [0.3, 0.4) is 0 Å².